The van der Waals surface area contributed by atoms with Gasteiger partial charge in [-0.15, -0.1) is 0 Å². The third-order valence-corrected chi connectivity index (χ3v) is 5.41. The molecule has 7 N–H and O–H groups in total. The van der Waals surface area contributed by atoms with Gasteiger partial charge in [0.15, 0.2) is 0 Å². The van der Waals surface area contributed by atoms with Crippen LogP contribution < -0.4 is 32.0 Å². The van der Waals surface area contributed by atoms with E-state index in [0.29, 0.717) is 22.9 Å². The number of rotatable bonds is 10. The molecule has 0 aliphatic rings. The molecule has 10 heteroatoms. The molecule has 0 bridgehead atoms. The van der Waals surface area contributed by atoms with Gasteiger partial charge in [0.25, 0.3) is 0 Å². The minimum absolute atomic E-state index is 0.285. The van der Waals surface area contributed by atoms with Gasteiger partial charge in [-0.05, 0) is 32.3 Å². The number of hydrogen-bond donors (Lipinski definition) is 5. The molecule has 0 atom stereocenters. The molecule has 0 fully saturated rings. The molecule has 2 aromatic carbocycles. The van der Waals surface area contributed by atoms with Crippen LogP contribution in [-0.4, -0.2) is 61.7 Å². The van der Waals surface area contributed by atoms with E-state index in [1.165, 1.54) is 0 Å². The quantitative estimate of drug-likeness (QED) is 0.137. The van der Waals surface area contributed by atoms with Gasteiger partial charge in [0.2, 0.25) is 0 Å². The lowest BCUT2D eigenvalue weighted by molar-refractivity contribution is 0.413. The molecule has 0 aliphatic carbocycles. The van der Waals surface area contributed by atoms with Crippen molar-refractivity contribution in [2.75, 3.05) is 57.3 Å². The van der Waals surface area contributed by atoms with Crippen LogP contribution in [0.1, 0.15) is 5.56 Å². The van der Waals surface area contributed by atoms with Gasteiger partial charge >= 0.3 is 0 Å². The van der Waals surface area contributed by atoms with Crippen LogP contribution in [0.15, 0.2) is 48.4 Å². The van der Waals surface area contributed by atoms with Crippen molar-refractivity contribution in [2.24, 2.45) is 12.9 Å². The largest absolute Gasteiger partial charge is 0.494 e. The maximum absolute atomic E-state index is 8.52. The summed E-state index contributed by atoms with van der Waals surface area (Å²) in [6.45, 7) is 1.72. The summed E-state index contributed by atoms with van der Waals surface area (Å²) in [4.78, 5) is 4.20. The second-order valence-corrected chi connectivity index (χ2v) is 8.12. The number of hydrazine groups is 1. The fourth-order valence-electron chi connectivity index (χ4n) is 3.47. The molecule has 1 heterocycles. The maximum Gasteiger partial charge on any atom is 0.144 e. The molecule has 3 rings (SSSR count). The molecule has 0 radical (unpaired) electrons. The highest BCUT2D eigenvalue weighted by atomic mass is 16.5. The molecule has 0 unspecified atom stereocenters. The van der Waals surface area contributed by atoms with Crippen molar-refractivity contribution in [3.05, 3.63) is 54.0 Å². The summed E-state index contributed by atoms with van der Waals surface area (Å²) < 4.78 is 7.39. The molecule has 0 spiro atoms. The number of nitrogens with two attached hydrogens (primary N) is 2. The van der Waals surface area contributed by atoms with Crippen molar-refractivity contribution in [3.63, 3.8) is 0 Å². The van der Waals surface area contributed by atoms with E-state index in [2.05, 4.69) is 25.6 Å². The summed E-state index contributed by atoms with van der Waals surface area (Å²) in [6, 6.07) is 9.44. The molecule has 0 saturated heterocycles. The highest BCUT2D eigenvalue weighted by Crippen LogP contribution is 2.35. The first-order chi connectivity index (χ1) is 15.7. The van der Waals surface area contributed by atoms with Crippen molar-refractivity contribution in [1.82, 2.24) is 20.1 Å². The van der Waals surface area contributed by atoms with E-state index < -0.39 is 0 Å². The molecule has 33 heavy (non-hydrogen) atoms. The molecular weight excluding hydrogens is 418 g/mol. The van der Waals surface area contributed by atoms with Crippen molar-refractivity contribution in [2.45, 2.75) is 0 Å². The topological polar surface area (TPSA) is 133 Å². The summed E-state index contributed by atoms with van der Waals surface area (Å²) in [7, 11) is 9.55. The number of hydrogen-bond acceptors (Lipinski definition) is 9. The summed E-state index contributed by atoms with van der Waals surface area (Å²) in [5, 5.41) is 16.9. The predicted molar refractivity (Wildman–Crippen MR) is 136 cm³/mol. The second kappa shape index (κ2) is 10.2. The Balaban J connectivity index is 1.83. The van der Waals surface area contributed by atoms with Crippen LogP contribution in [0.25, 0.3) is 10.9 Å². The van der Waals surface area contributed by atoms with Gasteiger partial charge in [0.05, 0.1) is 41.6 Å². The number of aryl methyl sites for hydroxylation is 1. The van der Waals surface area contributed by atoms with Crippen LogP contribution in [0.3, 0.4) is 0 Å². The Labute approximate surface area is 194 Å². The highest BCUT2D eigenvalue weighted by Gasteiger charge is 2.14. The van der Waals surface area contributed by atoms with Crippen molar-refractivity contribution < 1.29 is 4.74 Å². The smallest absolute Gasteiger partial charge is 0.144 e. The Morgan fingerprint density at radius 2 is 1.97 bits per heavy atom. The first-order valence-corrected chi connectivity index (χ1v) is 10.5. The number of anilines is 3. The van der Waals surface area contributed by atoms with E-state index in [4.69, 9.17) is 21.7 Å². The fraction of sp³-hybridized carbons (Fsp3) is 0.304. The zero-order valence-corrected chi connectivity index (χ0v) is 19.8. The number of nitrogen functional groups attached to an aromatic ring is 1. The molecular formula is C23H33N9O. The monoisotopic (exact) mass is 451 g/mol. The van der Waals surface area contributed by atoms with Gasteiger partial charge in [-0.3, -0.25) is 4.68 Å². The SMILES string of the molecule is COc1cc(N(C)CCN(C)C)c(N)cc1N/C(=C/C(=N)c1ccc2c(cnn2C)c1)NN. The number of nitrogens with zero attached hydrogens (tertiary/aromatic N) is 4. The van der Waals surface area contributed by atoms with E-state index in [0.717, 1.165) is 35.2 Å². The zero-order valence-electron chi connectivity index (χ0n) is 19.8. The third-order valence-electron chi connectivity index (χ3n) is 5.41. The standard InChI is InChI=1S/C23H33N9O/c1-30(2)8-9-31(3)21-13-22(33-5)19(11-18(21)25)28-23(29-26)12-17(24)15-6-7-20-16(10-15)14-27-32(20)4/h6-7,10-14,24,28-29H,8-9,25-26H2,1-5H3/b23-12-,24-17?. The van der Waals surface area contributed by atoms with Crippen LogP contribution in [0.5, 0.6) is 5.75 Å². The van der Waals surface area contributed by atoms with Crippen LogP contribution in [0.2, 0.25) is 0 Å². The number of methoxy groups -OCH3 is 1. The normalized spacial score (nSPS) is 11.7. The number of benzene rings is 2. The van der Waals surface area contributed by atoms with Crippen LogP contribution in [0, 0.1) is 5.41 Å². The van der Waals surface area contributed by atoms with E-state index in [1.54, 1.807) is 30.1 Å². The number of fused-ring (bicyclic) bond motifs is 1. The lowest BCUT2D eigenvalue weighted by atomic mass is 10.1. The van der Waals surface area contributed by atoms with Gasteiger partial charge in [-0.2, -0.15) is 5.10 Å². The minimum Gasteiger partial charge on any atom is -0.494 e. The van der Waals surface area contributed by atoms with Crippen molar-refractivity contribution in [3.8, 4) is 5.75 Å². The lowest BCUT2D eigenvalue weighted by Crippen LogP contribution is -2.29. The predicted octanol–water partition coefficient (Wildman–Crippen LogP) is 1.95. The summed E-state index contributed by atoms with van der Waals surface area (Å²) >= 11 is 0. The summed E-state index contributed by atoms with van der Waals surface area (Å²) in [5.74, 6) is 6.78. The van der Waals surface area contributed by atoms with E-state index >= 15 is 0 Å². The number of aromatic nitrogens is 2. The average Bonchev–Trinajstić information content (AvgIpc) is 3.17. The molecule has 0 saturated carbocycles. The summed E-state index contributed by atoms with van der Waals surface area (Å²) in [6.07, 6.45) is 3.39. The minimum atomic E-state index is 0.285. The van der Waals surface area contributed by atoms with Crippen LogP contribution in [0.4, 0.5) is 17.1 Å². The first-order valence-electron chi connectivity index (χ1n) is 10.5. The Morgan fingerprint density at radius 1 is 1.21 bits per heavy atom. The third kappa shape index (κ3) is 5.54. The highest BCUT2D eigenvalue weighted by molar-refractivity contribution is 6.08. The van der Waals surface area contributed by atoms with Crippen molar-refractivity contribution in [1.29, 1.82) is 5.41 Å². The Hall–Kier alpha value is -3.76. The maximum atomic E-state index is 8.52. The van der Waals surface area contributed by atoms with E-state index in [-0.39, 0.29) is 5.71 Å². The van der Waals surface area contributed by atoms with Crippen molar-refractivity contribution >= 4 is 33.7 Å². The molecule has 0 aliphatic heterocycles. The van der Waals surface area contributed by atoms with Gasteiger partial charge in [0, 0.05) is 50.3 Å². The Kier molecular flexibility index (Phi) is 7.41. The Morgan fingerprint density at radius 3 is 2.64 bits per heavy atom. The molecule has 10 nitrogen and oxygen atoms in total. The van der Waals surface area contributed by atoms with Crippen LogP contribution in [-0.2, 0) is 7.05 Å². The Bertz CT molecular complexity index is 1170. The molecule has 0 amide bonds. The fourth-order valence-corrected chi connectivity index (χ4v) is 3.47. The number of nitrogens with one attached hydrogen (secondary N) is 3. The summed E-state index contributed by atoms with van der Waals surface area (Å²) in [5.41, 5.74) is 13.1. The average molecular weight is 452 g/mol. The number of allylic oxidation sites excluding steroid dienone is 1. The van der Waals surface area contributed by atoms with Gasteiger partial charge < -0.3 is 36.4 Å². The molecule has 3 aromatic rings. The number of likely N-dealkylation sites (N-methyl/N-ethyl adjacent to an activating group) is 2. The van der Waals surface area contributed by atoms with Crippen LogP contribution >= 0.6 is 0 Å². The van der Waals surface area contributed by atoms with E-state index in [9.17, 15) is 0 Å². The molecule has 176 valence electrons. The van der Waals surface area contributed by atoms with Gasteiger partial charge in [0.1, 0.15) is 11.6 Å². The zero-order chi connectivity index (χ0) is 24.1. The molecule has 1 aromatic heterocycles. The van der Waals surface area contributed by atoms with Gasteiger partial charge in [-0.25, -0.2) is 5.84 Å². The number of ether oxygens (including phenoxy) is 1. The first kappa shape index (κ1) is 23.9. The second-order valence-electron chi connectivity index (χ2n) is 8.12. The van der Waals surface area contributed by atoms with Gasteiger partial charge in [-0.1, -0.05) is 6.07 Å². The van der Waals surface area contributed by atoms with E-state index in [1.807, 2.05) is 52.5 Å². The lowest BCUT2D eigenvalue weighted by Gasteiger charge is -2.25.